The monoisotopic (exact) mass is 297 g/mol. The molecule has 0 radical (unpaired) electrons. The number of hydrogen-bond donors (Lipinski definition) is 0. The van der Waals surface area contributed by atoms with Crippen LogP contribution in [0.2, 0.25) is 5.02 Å². The van der Waals surface area contributed by atoms with Crippen molar-refractivity contribution in [1.29, 1.82) is 0 Å². The standard InChI is InChI=1S/C16H24ClNO2/c1-13-11-18(12-14(2)20-13)9-3-4-10-19-16-7-5-15(17)6-8-16/h5-8,13-14H,3-4,9-12H2,1-2H3. The predicted octanol–water partition coefficient (Wildman–Crippen LogP) is 3.61. The molecule has 112 valence electrons. The Morgan fingerprint density at radius 1 is 1.15 bits per heavy atom. The van der Waals surface area contributed by atoms with Gasteiger partial charge in [-0.05, 0) is 57.5 Å². The van der Waals surface area contributed by atoms with Crippen LogP contribution in [0.15, 0.2) is 24.3 Å². The Balaban J connectivity index is 1.58. The second kappa shape index (κ2) is 7.87. The van der Waals surface area contributed by atoms with Crippen LogP contribution in [0.1, 0.15) is 26.7 Å². The largest absolute Gasteiger partial charge is 0.494 e. The van der Waals surface area contributed by atoms with E-state index < -0.39 is 0 Å². The lowest BCUT2D eigenvalue weighted by molar-refractivity contribution is -0.0682. The first kappa shape index (κ1) is 15.6. The highest BCUT2D eigenvalue weighted by molar-refractivity contribution is 6.30. The Hall–Kier alpha value is -0.770. The SMILES string of the molecule is CC1CN(CCCCOc2ccc(Cl)cc2)CC(C)O1. The lowest BCUT2D eigenvalue weighted by atomic mass is 10.2. The van der Waals surface area contributed by atoms with Gasteiger partial charge >= 0.3 is 0 Å². The summed E-state index contributed by atoms with van der Waals surface area (Å²) in [5, 5.41) is 0.743. The Morgan fingerprint density at radius 2 is 1.80 bits per heavy atom. The minimum atomic E-state index is 0.351. The van der Waals surface area contributed by atoms with E-state index in [1.807, 2.05) is 24.3 Å². The number of unbranched alkanes of at least 4 members (excludes halogenated alkanes) is 1. The smallest absolute Gasteiger partial charge is 0.119 e. The van der Waals surface area contributed by atoms with Crippen molar-refractivity contribution in [3.05, 3.63) is 29.3 Å². The number of hydrogen-bond acceptors (Lipinski definition) is 3. The van der Waals surface area contributed by atoms with Crippen LogP contribution in [0.25, 0.3) is 0 Å². The summed E-state index contributed by atoms with van der Waals surface area (Å²) in [6.07, 6.45) is 2.93. The number of rotatable bonds is 6. The summed E-state index contributed by atoms with van der Waals surface area (Å²) in [6.45, 7) is 8.27. The molecule has 0 saturated carbocycles. The van der Waals surface area contributed by atoms with Gasteiger partial charge in [-0.3, -0.25) is 4.90 Å². The van der Waals surface area contributed by atoms with Gasteiger partial charge in [-0.1, -0.05) is 11.6 Å². The first-order valence-electron chi connectivity index (χ1n) is 7.39. The molecule has 2 rings (SSSR count). The van der Waals surface area contributed by atoms with E-state index >= 15 is 0 Å². The van der Waals surface area contributed by atoms with Crippen LogP contribution in [0.3, 0.4) is 0 Å². The summed E-state index contributed by atoms with van der Waals surface area (Å²) in [6, 6.07) is 7.53. The van der Waals surface area contributed by atoms with Gasteiger partial charge in [-0.25, -0.2) is 0 Å². The van der Waals surface area contributed by atoms with Crippen LogP contribution >= 0.6 is 11.6 Å². The second-order valence-corrected chi connectivity index (χ2v) is 5.96. The molecule has 1 fully saturated rings. The van der Waals surface area contributed by atoms with Crippen LogP contribution in [0, 0.1) is 0 Å². The van der Waals surface area contributed by atoms with Gasteiger partial charge < -0.3 is 9.47 Å². The summed E-state index contributed by atoms with van der Waals surface area (Å²) in [5.41, 5.74) is 0. The van der Waals surface area contributed by atoms with E-state index in [4.69, 9.17) is 21.1 Å². The predicted molar refractivity (Wildman–Crippen MR) is 82.6 cm³/mol. The molecule has 1 aliphatic rings. The summed E-state index contributed by atoms with van der Waals surface area (Å²) in [5.74, 6) is 0.892. The van der Waals surface area contributed by atoms with E-state index in [0.717, 1.165) is 49.9 Å². The van der Waals surface area contributed by atoms with Crippen molar-refractivity contribution < 1.29 is 9.47 Å². The van der Waals surface area contributed by atoms with Crippen molar-refractivity contribution in [2.75, 3.05) is 26.2 Å². The van der Waals surface area contributed by atoms with Crippen LogP contribution in [0.5, 0.6) is 5.75 Å². The first-order valence-corrected chi connectivity index (χ1v) is 7.77. The van der Waals surface area contributed by atoms with Crippen molar-refractivity contribution in [1.82, 2.24) is 4.90 Å². The van der Waals surface area contributed by atoms with Crippen molar-refractivity contribution in [3.8, 4) is 5.75 Å². The Bertz CT molecular complexity index is 386. The Kier molecular flexibility index (Phi) is 6.14. The van der Waals surface area contributed by atoms with Crippen LogP contribution in [-0.4, -0.2) is 43.3 Å². The van der Waals surface area contributed by atoms with Gasteiger partial charge in [-0.15, -0.1) is 0 Å². The summed E-state index contributed by atoms with van der Waals surface area (Å²) < 4.78 is 11.4. The van der Waals surface area contributed by atoms with E-state index in [9.17, 15) is 0 Å². The van der Waals surface area contributed by atoms with Crippen molar-refractivity contribution in [2.24, 2.45) is 0 Å². The molecule has 1 aliphatic heterocycles. The molecule has 0 bridgehead atoms. The molecule has 0 N–H and O–H groups in total. The number of benzene rings is 1. The van der Waals surface area contributed by atoms with Crippen LogP contribution in [-0.2, 0) is 4.74 Å². The zero-order valence-electron chi connectivity index (χ0n) is 12.3. The van der Waals surface area contributed by atoms with Gasteiger partial charge in [0.05, 0.1) is 18.8 Å². The fourth-order valence-electron chi connectivity index (χ4n) is 2.63. The molecular weight excluding hydrogens is 274 g/mol. The molecule has 2 unspecified atom stereocenters. The van der Waals surface area contributed by atoms with Crippen LogP contribution in [0.4, 0.5) is 0 Å². The average Bonchev–Trinajstić information content (AvgIpc) is 2.39. The van der Waals surface area contributed by atoms with E-state index in [1.165, 1.54) is 0 Å². The van der Waals surface area contributed by atoms with Crippen LogP contribution < -0.4 is 4.74 Å². The highest BCUT2D eigenvalue weighted by Gasteiger charge is 2.21. The fraction of sp³-hybridized carbons (Fsp3) is 0.625. The zero-order chi connectivity index (χ0) is 14.4. The molecule has 0 aromatic heterocycles. The maximum absolute atomic E-state index is 5.83. The van der Waals surface area contributed by atoms with Crippen molar-refractivity contribution in [3.63, 3.8) is 0 Å². The fourth-order valence-corrected chi connectivity index (χ4v) is 2.75. The quantitative estimate of drug-likeness (QED) is 0.749. The van der Waals surface area contributed by atoms with Crippen molar-refractivity contribution >= 4 is 11.6 Å². The summed E-state index contributed by atoms with van der Waals surface area (Å²) in [4.78, 5) is 2.49. The highest BCUT2D eigenvalue weighted by atomic mass is 35.5. The molecule has 0 spiro atoms. The Labute approximate surface area is 126 Å². The number of halogens is 1. The minimum Gasteiger partial charge on any atom is -0.494 e. The lowest BCUT2D eigenvalue weighted by Crippen LogP contribution is -2.45. The number of ether oxygens (including phenoxy) is 2. The normalized spacial score (nSPS) is 23.8. The van der Waals surface area contributed by atoms with Gasteiger partial charge in [0.25, 0.3) is 0 Å². The molecule has 4 heteroatoms. The van der Waals surface area contributed by atoms with Gasteiger partial charge in [0, 0.05) is 18.1 Å². The van der Waals surface area contributed by atoms with E-state index in [0.29, 0.717) is 12.2 Å². The molecular formula is C16H24ClNO2. The summed E-state index contributed by atoms with van der Waals surface area (Å²) >= 11 is 5.83. The molecule has 20 heavy (non-hydrogen) atoms. The van der Waals surface area contributed by atoms with Gasteiger partial charge in [0.2, 0.25) is 0 Å². The maximum atomic E-state index is 5.83. The zero-order valence-corrected chi connectivity index (χ0v) is 13.1. The third-order valence-corrected chi connectivity index (χ3v) is 3.70. The molecule has 1 heterocycles. The topological polar surface area (TPSA) is 21.7 Å². The Morgan fingerprint density at radius 3 is 2.45 bits per heavy atom. The van der Waals surface area contributed by atoms with Crippen molar-refractivity contribution in [2.45, 2.75) is 38.9 Å². The third-order valence-electron chi connectivity index (χ3n) is 3.45. The molecule has 2 atom stereocenters. The molecule has 0 amide bonds. The molecule has 0 aliphatic carbocycles. The molecule has 1 aromatic carbocycles. The molecule has 3 nitrogen and oxygen atoms in total. The molecule has 1 aromatic rings. The third kappa shape index (κ3) is 5.31. The summed E-state index contributed by atoms with van der Waals surface area (Å²) in [7, 11) is 0. The van der Waals surface area contributed by atoms with E-state index in [2.05, 4.69) is 18.7 Å². The minimum absolute atomic E-state index is 0.351. The highest BCUT2D eigenvalue weighted by Crippen LogP contribution is 2.16. The molecule has 1 saturated heterocycles. The van der Waals surface area contributed by atoms with E-state index in [-0.39, 0.29) is 0 Å². The number of nitrogens with zero attached hydrogens (tertiary/aromatic N) is 1. The van der Waals surface area contributed by atoms with Gasteiger partial charge in [-0.2, -0.15) is 0 Å². The average molecular weight is 298 g/mol. The van der Waals surface area contributed by atoms with Gasteiger partial charge in [0.15, 0.2) is 0 Å². The van der Waals surface area contributed by atoms with E-state index in [1.54, 1.807) is 0 Å². The first-order chi connectivity index (χ1) is 9.63. The lowest BCUT2D eigenvalue weighted by Gasteiger charge is -2.35. The number of morpholine rings is 1. The second-order valence-electron chi connectivity index (χ2n) is 5.53. The maximum Gasteiger partial charge on any atom is 0.119 e. The van der Waals surface area contributed by atoms with Gasteiger partial charge in [0.1, 0.15) is 5.75 Å².